The Morgan fingerprint density at radius 2 is 1.04 bits per heavy atom. The van der Waals surface area contributed by atoms with Crippen LogP contribution in [0.25, 0.3) is 77.8 Å². The van der Waals surface area contributed by atoms with E-state index in [-0.39, 0.29) is 12.0 Å². The quantitative estimate of drug-likeness (QED) is 0.180. The summed E-state index contributed by atoms with van der Waals surface area (Å²) in [6.07, 6.45) is 4.08. The van der Waals surface area contributed by atoms with Gasteiger partial charge in [-0.1, -0.05) is 152 Å². The second-order valence-corrected chi connectivity index (χ2v) is 13.9. The van der Waals surface area contributed by atoms with Crippen LogP contribution in [-0.2, 0) is 0 Å². The Labute approximate surface area is 311 Å². The molecule has 5 nitrogen and oxygen atoms in total. The van der Waals surface area contributed by atoms with E-state index in [9.17, 15) is 0 Å². The molecule has 0 radical (unpaired) electrons. The molecule has 2 atom stereocenters. The van der Waals surface area contributed by atoms with Crippen molar-refractivity contribution in [2.45, 2.75) is 12.0 Å². The van der Waals surface area contributed by atoms with E-state index in [1.807, 2.05) is 42.5 Å². The Morgan fingerprint density at radius 1 is 0.444 bits per heavy atom. The predicted molar refractivity (Wildman–Crippen MR) is 217 cm³/mol. The molecule has 1 aliphatic carbocycles. The first kappa shape index (κ1) is 30.5. The molecule has 0 amide bonds. The van der Waals surface area contributed by atoms with Crippen molar-refractivity contribution in [3.05, 3.63) is 193 Å². The molecule has 7 aromatic carbocycles. The van der Waals surface area contributed by atoms with Gasteiger partial charge in [0.1, 0.15) is 23.0 Å². The van der Waals surface area contributed by atoms with Crippen molar-refractivity contribution in [2.75, 3.05) is 0 Å². The van der Waals surface area contributed by atoms with Crippen LogP contribution in [0.15, 0.2) is 180 Å². The fourth-order valence-electron chi connectivity index (χ4n) is 8.17. The van der Waals surface area contributed by atoms with Crippen LogP contribution in [0.2, 0.25) is 0 Å². The number of nitrogens with zero attached hydrogens (tertiary/aromatic N) is 3. The second kappa shape index (κ2) is 12.2. The Balaban J connectivity index is 1.10. The van der Waals surface area contributed by atoms with E-state index >= 15 is 0 Å². The van der Waals surface area contributed by atoms with Crippen molar-refractivity contribution in [3.63, 3.8) is 0 Å². The van der Waals surface area contributed by atoms with Crippen LogP contribution in [0, 0.1) is 0 Å². The minimum Gasteiger partial charge on any atom is -0.484 e. The lowest BCUT2D eigenvalue weighted by Gasteiger charge is -2.28. The number of hydrogen-bond donors (Lipinski definition) is 0. The second-order valence-electron chi connectivity index (χ2n) is 13.9. The minimum atomic E-state index is -0.302. The SMILES string of the molecule is C1=C(c2cccc3oc4cc5ccccc5cc4c23)C2Oc3ccccc3C2C(c2nc(-c3ccccc3)nc(-c3ccc(-c4ccccc4)cc3)n2)=C1. The summed E-state index contributed by atoms with van der Waals surface area (Å²) >= 11 is 0. The fraction of sp³-hybridized carbons (Fsp3) is 0.0408. The summed E-state index contributed by atoms with van der Waals surface area (Å²) in [5, 5.41) is 4.52. The maximum Gasteiger partial charge on any atom is 0.164 e. The van der Waals surface area contributed by atoms with E-state index in [4.69, 9.17) is 24.1 Å². The number of aromatic nitrogens is 3. The molecule has 11 rings (SSSR count). The van der Waals surface area contributed by atoms with Gasteiger partial charge in [-0.15, -0.1) is 0 Å². The average Bonchev–Trinajstić information content (AvgIpc) is 3.82. The van der Waals surface area contributed by atoms with Crippen molar-refractivity contribution in [1.29, 1.82) is 0 Å². The molecule has 2 aliphatic rings. The molecule has 1 aliphatic heterocycles. The Morgan fingerprint density at radius 3 is 1.81 bits per heavy atom. The molecule has 0 saturated carbocycles. The van der Waals surface area contributed by atoms with Crippen LogP contribution >= 0.6 is 0 Å². The number of benzene rings is 7. The summed E-state index contributed by atoms with van der Waals surface area (Å²) in [4.78, 5) is 15.4. The summed E-state index contributed by atoms with van der Waals surface area (Å²) in [7, 11) is 0. The molecular formula is C49H31N3O2. The summed E-state index contributed by atoms with van der Waals surface area (Å²) in [6.45, 7) is 0. The zero-order valence-electron chi connectivity index (χ0n) is 29.1. The predicted octanol–water partition coefficient (Wildman–Crippen LogP) is 12.0. The molecule has 0 fully saturated rings. The van der Waals surface area contributed by atoms with Crippen molar-refractivity contribution in [2.24, 2.45) is 0 Å². The zero-order valence-corrected chi connectivity index (χ0v) is 29.1. The largest absolute Gasteiger partial charge is 0.484 e. The smallest absolute Gasteiger partial charge is 0.164 e. The maximum atomic E-state index is 6.91. The Kier molecular flexibility index (Phi) is 6.92. The van der Waals surface area contributed by atoms with E-state index in [1.165, 1.54) is 10.9 Å². The third-order valence-corrected chi connectivity index (χ3v) is 10.7. The summed E-state index contributed by atoms with van der Waals surface area (Å²) < 4.78 is 13.4. The lowest BCUT2D eigenvalue weighted by molar-refractivity contribution is 0.281. The van der Waals surface area contributed by atoms with E-state index in [2.05, 4.69) is 133 Å². The van der Waals surface area contributed by atoms with Crippen molar-refractivity contribution in [1.82, 2.24) is 15.0 Å². The van der Waals surface area contributed by atoms with Crippen LogP contribution in [0.4, 0.5) is 0 Å². The topological polar surface area (TPSA) is 61.0 Å². The molecule has 54 heavy (non-hydrogen) atoms. The van der Waals surface area contributed by atoms with E-state index in [0.29, 0.717) is 17.5 Å². The summed E-state index contributed by atoms with van der Waals surface area (Å²) in [5.41, 5.74) is 10.2. The molecule has 254 valence electrons. The van der Waals surface area contributed by atoms with Gasteiger partial charge in [0.25, 0.3) is 0 Å². The first-order chi connectivity index (χ1) is 26.7. The molecule has 9 aromatic rings. The Bertz CT molecular complexity index is 2960. The number of ether oxygens (including phenoxy) is 1. The Hall–Kier alpha value is -7.11. The highest BCUT2D eigenvalue weighted by Crippen LogP contribution is 2.52. The summed E-state index contributed by atoms with van der Waals surface area (Å²) in [5.74, 6) is 2.61. The van der Waals surface area contributed by atoms with Crippen LogP contribution in [-0.4, -0.2) is 21.1 Å². The highest BCUT2D eigenvalue weighted by molar-refractivity contribution is 6.14. The third kappa shape index (κ3) is 4.97. The highest BCUT2D eigenvalue weighted by Gasteiger charge is 2.43. The van der Waals surface area contributed by atoms with Crippen molar-refractivity contribution in [3.8, 4) is 39.7 Å². The van der Waals surface area contributed by atoms with Crippen LogP contribution in [0.3, 0.4) is 0 Å². The molecule has 3 heterocycles. The van der Waals surface area contributed by atoms with E-state index < -0.39 is 0 Å². The van der Waals surface area contributed by atoms with Gasteiger partial charge in [-0.25, -0.2) is 15.0 Å². The van der Waals surface area contributed by atoms with Gasteiger partial charge in [-0.05, 0) is 51.7 Å². The fourth-order valence-corrected chi connectivity index (χ4v) is 8.17. The van der Waals surface area contributed by atoms with Gasteiger partial charge in [0.05, 0.1) is 5.92 Å². The highest BCUT2D eigenvalue weighted by atomic mass is 16.5. The summed E-state index contributed by atoms with van der Waals surface area (Å²) in [6, 6.07) is 56.5. The first-order valence-electron chi connectivity index (χ1n) is 18.2. The molecular weight excluding hydrogens is 663 g/mol. The van der Waals surface area contributed by atoms with Gasteiger partial charge in [-0.2, -0.15) is 0 Å². The third-order valence-electron chi connectivity index (χ3n) is 10.7. The first-order valence-corrected chi connectivity index (χ1v) is 18.2. The van der Waals surface area contributed by atoms with Gasteiger partial charge in [0, 0.05) is 38.6 Å². The lowest BCUT2D eigenvalue weighted by Crippen LogP contribution is -2.25. The monoisotopic (exact) mass is 693 g/mol. The molecule has 2 unspecified atom stereocenters. The number of allylic oxidation sites excluding steroid dienone is 2. The zero-order chi connectivity index (χ0) is 35.6. The number of hydrogen-bond acceptors (Lipinski definition) is 5. The number of para-hydroxylation sites is 1. The number of rotatable bonds is 5. The van der Waals surface area contributed by atoms with E-state index in [1.54, 1.807) is 0 Å². The van der Waals surface area contributed by atoms with Gasteiger partial charge in [0.15, 0.2) is 17.5 Å². The van der Waals surface area contributed by atoms with Crippen molar-refractivity contribution < 1.29 is 9.15 Å². The molecule has 0 bridgehead atoms. The lowest BCUT2D eigenvalue weighted by atomic mass is 9.78. The molecule has 0 saturated heterocycles. The van der Waals surface area contributed by atoms with Gasteiger partial charge >= 0.3 is 0 Å². The van der Waals surface area contributed by atoms with Crippen LogP contribution in [0.1, 0.15) is 22.9 Å². The van der Waals surface area contributed by atoms with Crippen LogP contribution < -0.4 is 4.74 Å². The number of furan rings is 1. The van der Waals surface area contributed by atoms with Gasteiger partial charge in [-0.3, -0.25) is 0 Å². The maximum absolute atomic E-state index is 6.91. The normalized spacial score (nSPS) is 16.1. The average molecular weight is 694 g/mol. The molecule has 0 spiro atoms. The van der Waals surface area contributed by atoms with Crippen molar-refractivity contribution >= 4 is 43.9 Å². The molecule has 2 aromatic heterocycles. The minimum absolute atomic E-state index is 0.144. The van der Waals surface area contributed by atoms with E-state index in [0.717, 1.165) is 72.0 Å². The van der Waals surface area contributed by atoms with Gasteiger partial charge < -0.3 is 9.15 Å². The van der Waals surface area contributed by atoms with Crippen LogP contribution in [0.5, 0.6) is 5.75 Å². The number of fused-ring (bicyclic) bond motifs is 7. The molecule has 0 N–H and O–H groups in total. The van der Waals surface area contributed by atoms with Gasteiger partial charge in [0.2, 0.25) is 0 Å². The standard InChI is InChI=1S/C49H31N3O2/c1-3-12-30(13-4-1)31-22-24-33(25-23-31)48-50-47(32-14-5-2-6-15-32)51-49(52-48)39-27-26-37(46-45(39)38-18-9-10-20-41(38)54-46)36-19-11-21-42-44(36)40-28-34-16-7-8-17-35(34)29-43(40)53-42/h1-29,45-46H. The molecule has 5 heteroatoms.